The average molecular weight is 439 g/mol. The Morgan fingerprint density at radius 3 is 2.31 bits per heavy atom. The van der Waals surface area contributed by atoms with Crippen LogP contribution >= 0.6 is 0 Å². The summed E-state index contributed by atoms with van der Waals surface area (Å²) in [5.41, 5.74) is 0.830. The first kappa shape index (κ1) is 20.9. The summed E-state index contributed by atoms with van der Waals surface area (Å²) in [6.45, 7) is 1.54. The van der Waals surface area contributed by atoms with Crippen molar-refractivity contribution >= 4 is 5.69 Å². The molecule has 1 spiro atoms. The van der Waals surface area contributed by atoms with E-state index in [1.165, 1.54) is 12.3 Å². The van der Waals surface area contributed by atoms with E-state index < -0.39 is 17.5 Å². The zero-order valence-electron chi connectivity index (χ0n) is 17.5. The molecule has 2 aliphatic rings. The molecule has 2 fully saturated rings. The van der Waals surface area contributed by atoms with E-state index in [4.69, 9.17) is 0 Å². The first-order valence-corrected chi connectivity index (χ1v) is 10.7. The van der Waals surface area contributed by atoms with Crippen LogP contribution in [0.5, 0.6) is 0 Å². The molecule has 7 heteroatoms. The van der Waals surface area contributed by atoms with E-state index in [9.17, 15) is 18.3 Å². The lowest BCUT2D eigenvalue weighted by atomic mass is 9.52. The van der Waals surface area contributed by atoms with Gasteiger partial charge in [-0.3, -0.25) is 4.98 Å². The fourth-order valence-electron chi connectivity index (χ4n) is 5.28. The molecule has 1 aliphatic heterocycles. The fraction of sp³-hybridized carbons (Fsp3) is 0.360. The Hall–Kier alpha value is -2.93. The predicted octanol–water partition coefficient (Wildman–Crippen LogP) is 4.84. The van der Waals surface area contributed by atoms with E-state index in [1.807, 2.05) is 42.5 Å². The van der Waals surface area contributed by atoms with E-state index in [-0.39, 0.29) is 11.3 Å². The Kier molecular flexibility index (Phi) is 4.97. The molecule has 0 radical (unpaired) electrons. The smallest absolute Gasteiger partial charge is 0.384 e. The van der Waals surface area contributed by atoms with Gasteiger partial charge < -0.3 is 10.0 Å². The second-order valence-electron chi connectivity index (χ2n) is 9.19. The molecular weight excluding hydrogens is 415 g/mol. The van der Waals surface area contributed by atoms with Crippen molar-refractivity contribution < 1.29 is 18.3 Å². The summed E-state index contributed by atoms with van der Waals surface area (Å²) in [5.74, 6) is 0.0970. The second kappa shape index (κ2) is 7.59. The standard InChI is InChI=1S/C25H24F3N3O/c26-25(27,28)22-9-8-21(15-30-22)31-16-23(17-31)12-20(13-23)24(32,19-7-4-10-29-14-19)11-18-5-2-1-3-6-18/h1-10,14-15,20,32H,11-13,16-17H2. The minimum absolute atomic E-state index is 0.0970. The topological polar surface area (TPSA) is 49.3 Å². The molecule has 1 aromatic carbocycles. The van der Waals surface area contributed by atoms with Crippen molar-refractivity contribution in [1.82, 2.24) is 9.97 Å². The van der Waals surface area contributed by atoms with Gasteiger partial charge in [-0.25, -0.2) is 4.98 Å². The molecule has 3 aromatic rings. The highest BCUT2D eigenvalue weighted by Gasteiger charge is 2.58. The van der Waals surface area contributed by atoms with Crippen LogP contribution in [0.3, 0.4) is 0 Å². The monoisotopic (exact) mass is 439 g/mol. The lowest BCUT2D eigenvalue weighted by Gasteiger charge is -2.62. The van der Waals surface area contributed by atoms with Crippen LogP contribution in [0, 0.1) is 11.3 Å². The van der Waals surface area contributed by atoms with Crippen molar-refractivity contribution in [2.45, 2.75) is 31.0 Å². The molecule has 2 aromatic heterocycles. The molecule has 0 bridgehead atoms. The van der Waals surface area contributed by atoms with Crippen LogP contribution < -0.4 is 4.90 Å². The summed E-state index contributed by atoms with van der Waals surface area (Å²) in [6.07, 6.45) is 2.59. The molecule has 3 heterocycles. The SMILES string of the molecule is OC(Cc1ccccc1)(c1cccnc1)C1CC2(C1)CN(c1ccc(C(F)(F)F)nc1)C2. The van der Waals surface area contributed by atoms with Crippen LogP contribution in [0.2, 0.25) is 0 Å². The van der Waals surface area contributed by atoms with Crippen LogP contribution in [0.15, 0.2) is 73.2 Å². The lowest BCUT2D eigenvalue weighted by Crippen LogP contribution is -2.65. The summed E-state index contributed by atoms with van der Waals surface area (Å²) in [6, 6.07) is 16.3. The highest BCUT2D eigenvalue weighted by atomic mass is 19.4. The third-order valence-electron chi connectivity index (χ3n) is 6.97. The maximum Gasteiger partial charge on any atom is 0.433 e. The number of anilines is 1. The second-order valence-corrected chi connectivity index (χ2v) is 9.19. The van der Waals surface area contributed by atoms with Crippen molar-refractivity contribution in [1.29, 1.82) is 0 Å². The van der Waals surface area contributed by atoms with Crippen LogP contribution in [0.1, 0.15) is 29.7 Å². The lowest BCUT2D eigenvalue weighted by molar-refractivity contribution is -0.141. The number of benzene rings is 1. The number of hydrogen-bond acceptors (Lipinski definition) is 4. The number of aromatic nitrogens is 2. The van der Waals surface area contributed by atoms with Crippen LogP contribution in [0.25, 0.3) is 0 Å². The van der Waals surface area contributed by atoms with Crippen molar-refractivity contribution in [3.8, 4) is 0 Å². The number of pyridine rings is 2. The van der Waals surface area contributed by atoms with E-state index in [0.717, 1.165) is 43.1 Å². The quantitative estimate of drug-likeness (QED) is 0.618. The van der Waals surface area contributed by atoms with Gasteiger partial charge in [0.15, 0.2) is 0 Å². The van der Waals surface area contributed by atoms with Gasteiger partial charge in [0, 0.05) is 42.9 Å². The summed E-state index contributed by atoms with van der Waals surface area (Å²) in [4.78, 5) is 9.86. The third kappa shape index (κ3) is 3.75. The normalized spacial score (nSPS) is 19.8. The molecule has 1 saturated carbocycles. The minimum Gasteiger partial charge on any atom is -0.384 e. The first-order chi connectivity index (χ1) is 15.3. The largest absolute Gasteiger partial charge is 0.433 e. The zero-order valence-corrected chi connectivity index (χ0v) is 17.5. The van der Waals surface area contributed by atoms with E-state index >= 15 is 0 Å². The van der Waals surface area contributed by atoms with Crippen molar-refractivity contribution in [3.05, 3.63) is 90.0 Å². The Balaban J connectivity index is 1.28. The molecule has 1 aliphatic carbocycles. The number of alkyl halides is 3. The number of aliphatic hydroxyl groups is 1. The highest BCUT2D eigenvalue weighted by molar-refractivity contribution is 5.49. The van der Waals surface area contributed by atoms with Gasteiger partial charge in [-0.15, -0.1) is 0 Å². The summed E-state index contributed by atoms with van der Waals surface area (Å²) >= 11 is 0. The first-order valence-electron chi connectivity index (χ1n) is 10.7. The van der Waals surface area contributed by atoms with Gasteiger partial charge in [-0.2, -0.15) is 13.2 Å². The molecule has 0 amide bonds. The Bertz CT molecular complexity index is 1060. The number of hydrogen-bond donors (Lipinski definition) is 1. The van der Waals surface area contributed by atoms with Gasteiger partial charge in [0.1, 0.15) is 5.69 Å². The fourth-order valence-corrected chi connectivity index (χ4v) is 5.28. The molecule has 32 heavy (non-hydrogen) atoms. The molecule has 1 atom stereocenters. The third-order valence-corrected chi connectivity index (χ3v) is 6.97. The molecular formula is C25H24F3N3O. The van der Waals surface area contributed by atoms with E-state index in [2.05, 4.69) is 14.9 Å². The van der Waals surface area contributed by atoms with Gasteiger partial charge >= 0.3 is 6.18 Å². The van der Waals surface area contributed by atoms with Gasteiger partial charge in [0.2, 0.25) is 0 Å². The average Bonchev–Trinajstić information content (AvgIpc) is 2.73. The number of rotatable bonds is 5. The summed E-state index contributed by atoms with van der Waals surface area (Å²) < 4.78 is 38.3. The van der Waals surface area contributed by atoms with Gasteiger partial charge in [-0.1, -0.05) is 36.4 Å². The van der Waals surface area contributed by atoms with Crippen LogP contribution in [-0.4, -0.2) is 28.2 Å². The van der Waals surface area contributed by atoms with E-state index in [1.54, 1.807) is 12.4 Å². The number of nitrogens with zero attached hydrogens (tertiary/aromatic N) is 3. The molecule has 5 rings (SSSR count). The van der Waals surface area contributed by atoms with Gasteiger partial charge in [0.25, 0.3) is 0 Å². The maximum atomic E-state index is 12.8. The van der Waals surface area contributed by atoms with Crippen LogP contribution in [0.4, 0.5) is 18.9 Å². The van der Waals surface area contributed by atoms with Crippen LogP contribution in [-0.2, 0) is 18.2 Å². The van der Waals surface area contributed by atoms with Crippen molar-refractivity contribution in [2.75, 3.05) is 18.0 Å². The van der Waals surface area contributed by atoms with Gasteiger partial charge in [-0.05, 0) is 42.5 Å². The van der Waals surface area contributed by atoms with Crippen molar-refractivity contribution in [3.63, 3.8) is 0 Å². The van der Waals surface area contributed by atoms with E-state index in [0.29, 0.717) is 12.1 Å². The molecule has 1 unspecified atom stereocenters. The molecule has 1 N–H and O–H groups in total. The Labute approximate surface area is 184 Å². The summed E-state index contributed by atoms with van der Waals surface area (Å²) in [5, 5.41) is 11.8. The zero-order chi connectivity index (χ0) is 22.4. The Morgan fingerprint density at radius 2 is 1.72 bits per heavy atom. The molecule has 1 saturated heterocycles. The predicted molar refractivity (Wildman–Crippen MR) is 115 cm³/mol. The number of halogens is 3. The van der Waals surface area contributed by atoms with Gasteiger partial charge in [0.05, 0.1) is 17.5 Å². The van der Waals surface area contributed by atoms with Crippen molar-refractivity contribution in [2.24, 2.45) is 11.3 Å². The Morgan fingerprint density at radius 1 is 0.969 bits per heavy atom. The maximum absolute atomic E-state index is 12.8. The molecule has 4 nitrogen and oxygen atoms in total. The summed E-state index contributed by atoms with van der Waals surface area (Å²) in [7, 11) is 0. The minimum atomic E-state index is -4.43. The molecule has 166 valence electrons. The highest BCUT2D eigenvalue weighted by Crippen LogP contribution is 2.58.